The van der Waals surface area contributed by atoms with Gasteiger partial charge in [-0.15, -0.1) is 0 Å². The van der Waals surface area contributed by atoms with Crippen LogP contribution in [0.5, 0.6) is 0 Å². The Kier molecular flexibility index (Phi) is 5.39. The molecule has 4 rings (SSSR count). The fourth-order valence-corrected chi connectivity index (χ4v) is 7.25. The Morgan fingerprint density at radius 3 is 2.73 bits per heavy atom. The second-order valence-electron chi connectivity index (χ2n) is 9.83. The van der Waals surface area contributed by atoms with E-state index in [-0.39, 0.29) is 34.3 Å². The fraction of sp³-hybridized carbons (Fsp3) is 0.696. The number of aliphatic hydroxyl groups excluding tert-OH is 1. The van der Waals surface area contributed by atoms with Crippen molar-refractivity contribution in [3.63, 3.8) is 0 Å². The van der Waals surface area contributed by atoms with E-state index in [9.17, 15) is 24.6 Å². The highest BCUT2D eigenvalue weighted by Crippen LogP contribution is 2.67. The lowest BCUT2D eigenvalue weighted by Crippen LogP contribution is -2.61. The molecule has 0 heterocycles. The maximum Gasteiger partial charge on any atom is 0.316 e. The van der Waals surface area contributed by atoms with Gasteiger partial charge in [0.2, 0.25) is 5.78 Å². The Labute approximate surface area is 184 Å². The molecule has 0 radical (unpaired) electrons. The summed E-state index contributed by atoms with van der Waals surface area (Å²) >= 11 is 3.00. The lowest BCUT2D eigenvalue weighted by molar-refractivity contribution is -0.181. The van der Waals surface area contributed by atoms with Crippen LogP contribution in [0.3, 0.4) is 0 Å². The van der Waals surface area contributed by atoms with Crippen LogP contribution in [-0.4, -0.2) is 51.4 Å². The zero-order valence-corrected chi connectivity index (χ0v) is 19.0. The van der Waals surface area contributed by atoms with Gasteiger partial charge in [0.15, 0.2) is 12.4 Å². The summed E-state index contributed by atoms with van der Waals surface area (Å²) in [5.74, 6) is -0.868. The number of ketones is 2. The Hall–Kier alpha value is -1.31. The molecule has 0 aliphatic heterocycles. The van der Waals surface area contributed by atoms with E-state index in [1.54, 1.807) is 12.2 Å². The van der Waals surface area contributed by atoms with Crippen molar-refractivity contribution in [2.45, 2.75) is 57.7 Å². The minimum Gasteiger partial charge on any atom is -0.457 e. The molecule has 0 aromatic rings. The van der Waals surface area contributed by atoms with Gasteiger partial charge in [-0.05, 0) is 56.1 Å². The molecule has 30 heavy (non-hydrogen) atoms. The first-order valence-corrected chi connectivity index (χ1v) is 11.8. The lowest BCUT2D eigenvalue weighted by Gasteiger charge is -2.59. The molecule has 7 atom stereocenters. The van der Waals surface area contributed by atoms with Gasteiger partial charge in [-0.25, -0.2) is 0 Å². The molecule has 2 N–H and O–H groups in total. The molecule has 0 aromatic heterocycles. The molecule has 0 aromatic carbocycles. The summed E-state index contributed by atoms with van der Waals surface area (Å²) < 4.78 is 4.98. The smallest absolute Gasteiger partial charge is 0.316 e. The van der Waals surface area contributed by atoms with Gasteiger partial charge in [0.1, 0.15) is 10.9 Å². The van der Waals surface area contributed by atoms with E-state index >= 15 is 0 Å². The second kappa shape index (κ2) is 7.38. The van der Waals surface area contributed by atoms with Crippen molar-refractivity contribution >= 4 is 33.5 Å². The van der Waals surface area contributed by atoms with Gasteiger partial charge >= 0.3 is 5.97 Å². The van der Waals surface area contributed by atoms with Crippen molar-refractivity contribution in [3.8, 4) is 0 Å². The van der Waals surface area contributed by atoms with Gasteiger partial charge in [0, 0.05) is 16.7 Å². The first-order chi connectivity index (χ1) is 14.1. The summed E-state index contributed by atoms with van der Waals surface area (Å²) in [5.41, 5.74) is -1.71. The van der Waals surface area contributed by atoms with Gasteiger partial charge < -0.3 is 14.9 Å². The number of hydrogen-bond donors (Lipinski definition) is 2. The highest BCUT2D eigenvalue weighted by atomic mass is 79.9. The SMILES string of the molecule is C[C@]12C=CC(=O)C=C1CC[C@@H]1[C@@H]2[C@@H](O)C[C@@]2(C)[C@H]1CC[C@]2(O)C(=O)COC(=O)CBr. The summed E-state index contributed by atoms with van der Waals surface area (Å²) in [6.45, 7) is 3.54. The predicted octanol–water partition coefficient (Wildman–Crippen LogP) is 2.50. The fourth-order valence-electron chi connectivity index (χ4n) is 7.09. The molecular formula is C23H29BrO6. The number of ether oxygens (including phenoxy) is 1. The molecule has 4 aliphatic rings. The molecule has 7 heteroatoms. The first-order valence-electron chi connectivity index (χ1n) is 10.7. The number of carbonyl (C=O) groups excluding carboxylic acids is 3. The first kappa shape index (κ1) is 21.9. The minimum absolute atomic E-state index is 0.00470. The van der Waals surface area contributed by atoms with Crippen molar-refractivity contribution in [1.29, 1.82) is 0 Å². The molecule has 0 saturated heterocycles. The Balaban J connectivity index is 1.63. The standard InChI is InChI=1S/C23H29BrO6/c1-21-7-5-14(25)9-13(21)3-4-15-16-6-8-23(29,18(27)12-30-19(28)11-24)22(16,2)10-17(26)20(15)21/h5,7,9,15-17,20,26,29H,3-4,6,8,10-12H2,1-2H3/t15-,16-,17-,20+,21-,22-,23-/m0/s1. The van der Waals surface area contributed by atoms with Gasteiger partial charge in [-0.2, -0.15) is 0 Å². The maximum absolute atomic E-state index is 13.0. The van der Waals surface area contributed by atoms with Crippen LogP contribution < -0.4 is 0 Å². The molecule has 3 saturated carbocycles. The molecule has 3 fully saturated rings. The van der Waals surface area contributed by atoms with Crippen LogP contribution in [0.1, 0.15) is 46.0 Å². The Morgan fingerprint density at radius 1 is 1.30 bits per heavy atom. The average molecular weight is 481 g/mol. The number of aliphatic hydroxyl groups is 2. The van der Waals surface area contributed by atoms with E-state index < -0.39 is 35.5 Å². The van der Waals surface area contributed by atoms with Crippen molar-refractivity contribution in [1.82, 2.24) is 0 Å². The Bertz CT molecular complexity index is 849. The van der Waals surface area contributed by atoms with E-state index in [4.69, 9.17) is 4.74 Å². The molecule has 4 aliphatic carbocycles. The number of hydrogen-bond acceptors (Lipinski definition) is 6. The molecule has 164 valence electrons. The monoisotopic (exact) mass is 480 g/mol. The summed E-state index contributed by atoms with van der Waals surface area (Å²) in [6.07, 6.45) is 7.46. The number of allylic oxidation sites excluding steroid dienone is 4. The normalized spacial score (nSPS) is 44.6. The van der Waals surface area contributed by atoms with Crippen LogP contribution in [0.4, 0.5) is 0 Å². The van der Waals surface area contributed by atoms with E-state index in [0.29, 0.717) is 19.3 Å². The van der Waals surface area contributed by atoms with Gasteiger partial charge in [-0.1, -0.05) is 41.4 Å². The zero-order chi connectivity index (χ0) is 21.9. The number of halogens is 1. The minimum atomic E-state index is -1.62. The average Bonchev–Trinajstić information content (AvgIpc) is 2.97. The molecule has 6 nitrogen and oxygen atoms in total. The summed E-state index contributed by atoms with van der Waals surface area (Å²) in [6, 6.07) is 0. The molecule has 0 bridgehead atoms. The largest absolute Gasteiger partial charge is 0.457 e. The van der Waals surface area contributed by atoms with Gasteiger partial charge in [0.25, 0.3) is 0 Å². The number of alkyl halides is 1. The third kappa shape index (κ3) is 3.00. The number of rotatable bonds is 4. The van der Waals surface area contributed by atoms with Crippen molar-refractivity contribution in [2.75, 3.05) is 11.9 Å². The molecule has 0 amide bonds. The quantitative estimate of drug-likeness (QED) is 0.473. The van der Waals surface area contributed by atoms with Crippen LogP contribution in [0.15, 0.2) is 23.8 Å². The topological polar surface area (TPSA) is 101 Å². The number of Topliss-reactive ketones (excluding diaryl/α,β-unsaturated/α-hetero) is 1. The number of carbonyl (C=O) groups is 3. The highest BCUT2D eigenvalue weighted by molar-refractivity contribution is 9.09. The second-order valence-corrected chi connectivity index (χ2v) is 10.4. The van der Waals surface area contributed by atoms with Crippen LogP contribution >= 0.6 is 15.9 Å². The van der Waals surface area contributed by atoms with Crippen LogP contribution in [-0.2, 0) is 19.1 Å². The molecular weight excluding hydrogens is 452 g/mol. The zero-order valence-electron chi connectivity index (χ0n) is 17.4. The van der Waals surface area contributed by atoms with E-state index in [2.05, 4.69) is 22.9 Å². The van der Waals surface area contributed by atoms with Gasteiger partial charge in [0.05, 0.1) is 6.10 Å². The molecule has 0 spiro atoms. The third-order valence-corrected chi connectivity index (χ3v) is 9.04. The van der Waals surface area contributed by atoms with Crippen molar-refractivity contribution < 1.29 is 29.3 Å². The predicted molar refractivity (Wildman–Crippen MR) is 113 cm³/mol. The van der Waals surface area contributed by atoms with E-state index in [1.807, 2.05) is 13.0 Å². The van der Waals surface area contributed by atoms with E-state index in [1.165, 1.54) is 0 Å². The summed E-state index contributed by atoms with van der Waals surface area (Å²) in [4.78, 5) is 36.3. The lowest BCUT2D eigenvalue weighted by atomic mass is 9.46. The van der Waals surface area contributed by atoms with Crippen molar-refractivity contribution in [2.24, 2.45) is 28.6 Å². The van der Waals surface area contributed by atoms with Crippen LogP contribution in [0, 0.1) is 28.6 Å². The number of esters is 1. The van der Waals surface area contributed by atoms with E-state index in [0.717, 1.165) is 18.4 Å². The summed E-state index contributed by atoms with van der Waals surface area (Å²) in [7, 11) is 0. The Morgan fingerprint density at radius 2 is 2.03 bits per heavy atom. The third-order valence-electron chi connectivity index (χ3n) is 8.58. The van der Waals surface area contributed by atoms with Gasteiger partial charge in [-0.3, -0.25) is 14.4 Å². The van der Waals surface area contributed by atoms with Crippen LogP contribution in [0.2, 0.25) is 0 Å². The van der Waals surface area contributed by atoms with Crippen LogP contribution in [0.25, 0.3) is 0 Å². The number of fused-ring (bicyclic) bond motifs is 5. The highest BCUT2D eigenvalue weighted by Gasteiger charge is 2.68. The molecule has 0 unspecified atom stereocenters. The summed E-state index contributed by atoms with van der Waals surface area (Å²) in [5, 5.41) is 22.8. The van der Waals surface area contributed by atoms with Crippen molar-refractivity contribution in [3.05, 3.63) is 23.8 Å². The maximum atomic E-state index is 13.0.